The smallest absolute Gasteiger partial charge is 0.165 e. The third-order valence-electron chi connectivity index (χ3n) is 5.92. The van der Waals surface area contributed by atoms with Crippen molar-refractivity contribution < 1.29 is 14.6 Å². The van der Waals surface area contributed by atoms with E-state index in [0.29, 0.717) is 24.7 Å². The highest BCUT2D eigenvalue weighted by molar-refractivity contribution is 5.53. The standard InChI is InChI=1S/C29H36O3/c1-4-5-6-13-18-29(2,3)26-19-25(31-21-23-14-9-7-10-15-23)20-27(28(26)30)32-22-24-16-11-8-12-17-24/h7-12,14-17,19-20,30H,4-6,13,18,21-22H2,1-3H3. The maximum atomic E-state index is 11.1. The number of aromatic hydroxyl groups is 1. The molecule has 0 amide bonds. The van der Waals surface area contributed by atoms with Crippen molar-refractivity contribution in [3.63, 3.8) is 0 Å². The predicted molar refractivity (Wildman–Crippen MR) is 131 cm³/mol. The van der Waals surface area contributed by atoms with Gasteiger partial charge in [-0.2, -0.15) is 0 Å². The van der Waals surface area contributed by atoms with Crippen LogP contribution in [0.4, 0.5) is 0 Å². The Morgan fingerprint density at radius 2 is 1.34 bits per heavy atom. The van der Waals surface area contributed by atoms with Crippen LogP contribution in [-0.2, 0) is 18.6 Å². The second kappa shape index (κ2) is 11.6. The molecule has 0 aliphatic carbocycles. The minimum Gasteiger partial charge on any atom is -0.504 e. The first-order valence-corrected chi connectivity index (χ1v) is 11.7. The molecule has 3 aromatic carbocycles. The van der Waals surface area contributed by atoms with Crippen LogP contribution in [0.5, 0.6) is 17.2 Å². The van der Waals surface area contributed by atoms with Gasteiger partial charge in [0, 0.05) is 11.6 Å². The van der Waals surface area contributed by atoms with Crippen molar-refractivity contribution in [1.82, 2.24) is 0 Å². The largest absolute Gasteiger partial charge is 0.504 e. The van der Waals surface area contributed by atoms with Gasteiger partial charge in [-0.1, -0.05) is 107 Å². The lowest BCUT2D eigenvalue weighted by atomic mass is 9.79. The van der Waals surface area contributed by atoms with Gasteiger partial charge in [-0.15, -0.1) is 0 Å². The van der Waals surface area contributed by atoms with Crippen LogP contribution in [0.2, 0.25) is 0 Å². The Labute approximate surface area is 193 Å². The number of phenols is 1. The van der Waals surface area contributed by atoms with Gasteiger partial charge < -0.3 is 14.6 Å². The zero-order valence-electron chi connectivity index (χ0n) is 19.6. The molecule has 0 bridgehead atoms. The van der Waals surface area contributed by atoms with Crippen LogP contribution in [0.3, 0.4) is 0 Å². The van der Waals surface area contributed by atoms with E-state index in [1.807, 2.05) is 66.7 Å². The summed E-state index contributed by atoms with van der Waals surface area (Å²) in [6.07, 6.45) is 5.80. The summed E-state index contributed by atoms with van der Waals surface area (Å²) in [4.78, 5) is 0. The summed E-state index contributed by atoms with van der Waals surface area (Å²) in [5.74, 6) is 1.40. The second-order valence-corrected chi connectivity index (χ2v) is 9.06. The minimum absolute atomic E-state index is 0.186. The van der Waals surface area contributed by atoms with E-state index in [1.54, 1.807) is 6.07 Å². The van der Waals surface area contributed by atoms with Crippen molar-refractivity contribution >= 4 is 0 Å². The summed E-state index contributed by atoms with van der Waals surface area (Å²) < 4.78 is 12.2. The number of phenolic OH excluding ortho intramolecular Hbond substituents is 1. The molecule has 0 aromatic heterocycles. The lowest BCUT2D eigenvalue weighted by molar-refractivity contribution is 0.273. The van der Waals surface area contributed by atoms with Gasteiger partial charge in [0.2, 0.25) is 0 Å². The molecular weight excluding hydrogens is 396 g/mol. The number of hydrogen-bond donors (Lipinski definition) is 1. The van der Waals surface area contributed by atoms with Crippen LogP contribution < -0.4 is 9.47 Å². The van der Waals surface area contributed by atoms with Gasteiger partial charge in [-0.05, 0) is 29.0 Å². The van der Waals surface area contributed by atoms with Crippen molar-refractivity contribution in [3.05, 3.63) is 89.5 Å². The summed E-state index contributed by atoms with van der Waals surface area (Å²) in [5, 5.41) is 11.1. The van der Waals surface area contributed by atoms with Crippen LogP contribution in [-0.4, -0.2) is 5.11 Å². The summed E-state index contributed by atoms with van der Waals surface area (Å²) in [6.45, 7) is 7.47. The Hall–Kier alpha value is -2.94. The summed E-state index contributed by atoms with van der Waals surface area (Å²) in [7, 11) is 0. The molecule has 3 heteroatoms. The molecule has 0 fully saturated rings. The van der Waals surface area contributed by atoms with Gasteiger partial charge in [0.05, 0.1) is 0 Å². The van der Waals surface area contributed by atoms with Crippen molar-refractivity contribution in [2.45, 2.75) is 71.5 Å². The Bertz CT molecular complexity index is 949. The number of rotatable bonds is 12. The van der Waals surface area contributed by atoms with Gasteiger partial charge in [-0.3, -0.25) is 0 Å². The highest BCUT2D eigenvalue weighted by atomic mass is 16.5. The fourth-order valence-corrected chi connectivity index (χ4v) is 3.90. The third kappa shape index (κ3) is 6.78. The molecular formula is C29H36O3. The monoisotopic (exact) mass is 432 g/mol. The summed E-state index contributed by atoms with van der Waals surface area (Å²) in [5.41, 5.74) is 2.85. The van der Waals surface area contributed by atoms with E-state index in [-0.39, 0.29) is 11.2 Å². The van der Waals surface area contributed by atoms with E-state index >= 15 is 0 Å². The van der Waals surface area contributed by atoms with E-state index in [1.165, 1.54) is 19.3 Å². The van der Waals surface area contributed by atoms with E-state index in [0.717, 1.165) is 29.5 Å². The Morgan fingerprint density at radius 1 is 0.750 bits per heavy atom. The molecule has 0 unspecified atom stereocenters. The van der Waals surface area contributed by atoms with Crippen LogP contribution in [0.25, 0.3) is 0 Å². The average molecular weight is 433 g/mol. The van der Waals surface area contributed by atoms with Crippen molar-refractivity contribution in [2.75, 3.05) is 0 Å². The molecule has 3 nitrogen and oxygen atoms in total. The second-order valence-electron chi connectivity index (χ2n) is 9.06. The maximum absolute atomic E-state index is 11.1. The Kier molecular flexibility index (Phi) is 8.61. The lowest BCUT2D eigenvalue weighted by Crippen LogP contribution is -2.18. The molecule has 1 N–H and O–H groups in total. The lowest BCUT2D eigenvalue weighted by Gasteiger charge is -2.28. The molecule has 0 saturated carbocycles. The fraction of sp³-hybridized carbons (Fsp3) is 0.379. The molecule has 32 heavy (non-hydrogen) atoms. The van der Waals surface area contributed by atoms with Gasteiger partial charge >= 0.3 is 0 Å². The minimum atomic E-state index is -0.186. The topological polar surface area (TPSA) is 38.7 Å². The molecule has 0 radical (unpaired) electrons. The molecule has 0 aliphatic rings. The molecule has 0 saturated heterocycles. The number of ether oxygens (including phenoxy) is 2. The van der Waals surface area contributed by atoms with E-state index in [9.17, 15) is 5.11 Å². The molecule has 0 spiro atoms. The first-order chi connectivity index (χ1) is 15.5. The van der Waals surface area contributed by atoms with Crippen LogP contribution in [0, 0.1) is 0 Å². The summed E-state index contributed by atoms with van der Waals surface area (Å²) in [6, 6.07) is 23.9. The van der Waals surface area contributed by atoms with Crippen LogP contribution in [0.15, 0.2) is 72.8 Å². The zero-order valence-corrected chi connectivity index (χ0v) is 19.6. The Balaban J connectivity index is 1.83. The molecule has 3 rings (SSSR count). The average Bonchev–Trinajstić information content (AvgIpc) is 2.81. The number of hydrogen-bond acceptors (Lipinski definition) is 3. The van der Waals surface area contributed by atoms with E-state index in [4.69, 9.17) is 9.47 Å². The number of benzene rings is 3. The van der Waals surface area contributed by atoms with Gasteiger partial charge in [-0.25, -0.2) is 0 Å². The maximum Gasteiger partial charge on any atom is 0.165 e. The molecule has 170 valence electrons. The first kappa shape index (κ1) is 23.7. The Morgan fingerprint density at radius 3 is 1.94 bits per heavy atom. The predicted octanol–water partition coefficient (Wildman–Crippen LogP) is 7.80. The number of unbranched alkanes of at least 4 members (excludes halogenated alkanes) is 3. The van der Waals surface area contributed by atoms with Crippen molar-refractivity contribution in [2.24, 2.45) is 0 Å². The highest BCUT2D eigenvalue weighted by Crippen LogP contribution is 2.43. The van der Waals surface area contributed by atoms with Crippen LogP contribution in [0.1, 0.15) is 69.6 Å². The third-order valence-corrected chi connectivity index (χ3v) is 5.92. The van der Waals surface area contributed by atoms with Gasteiger partial charge in [0.1, 0.15) is 19.0 Å². The zero-order chi connectivity index (χ0) is 22.8. The summed E-state index contributed by atoms with van der Waals surface area (Å²) >= 11 is 0. The van der Waals surface area contributed by atoms with Gasteiger partial charge in [0.25, 0.3) is 0 Å². The molecule has 0 heterocycles. The molecule has 3 aromatic rings. The quantitative estimate of drug-likeness (QED) is 0.297. The van der Waals surface area contributed by atoms with Crippen molar-refractivity contribution in [3.8, 4) is 17.2 Å². The van der Waals surface area contributed by atoms with Crippen LogP contribution >= 0.6 is 0 Å². The first-order valence-electron chi connectivity index (χ1n) is 11.7. The fourth-order valence-electron chi connectivity index (χ4n) is 3.90. The van der Waals surface area contributed by atoms with Gasteiger partial charge in [0.15, 0.2) is 11.5 Å². The SMILES string of the molecule is CCCCCCC(C)(C)c1cc(OCc2ccccc2)cc(OCc2ccccc2)c1O. The highest BCUT2D eigenvalue weighted by Gasteiger charge is 2.27. The van der Waals surface area contributed by atoms with E-state index < -0.39 is 0 Å². The molecule has 0 aliphatic heterocycles. The van der Waals surface area contributed by atoms with E-state index in [2.05, 4.69) is 20.8 Å². The van der Waals surface area contributed by atoms with Crippen molar-refractivity contribution in [1.29, 1.82) is 0 Å². The normalized spacial score (nSPS) is 11.3. The molecule has 0 atom stereocenters.